The van der Waals surface area contributed by atoms with Gasteiger partial charge in [0, 0.05) is 20.6 Å². The van der Waals surface area contributed by atoms with Gasteiger partial charge in [-0.25, -0.2) is 0 Å². The van der Waals surface area contributed by atoms with Crippen molar-refractivity contribution in [3.8, 4) is 0 Å². The van der Waals surface area contributed by atoms with Crippen LogP contribution in [0, 0.1) is 0 Å². The molecule has 9 heteroatoms. The van der Waals surface area contributed by atoms with Gasteiger partial charge in [-0.15, -0.1) is 10.2 Å². The fourth-order valence-corrected chi connectivity index (χ4v) is 1.61. The average molecular weight is 283 g/mol. The molecular weight excluding hydrogens is 268 g/mol. The van der Waals surface area contributed by atoms with Gasteiger partial charge in [0.25, 0.3) is 0 Å². The Morgan fingerprint density at radius 2 is 2.11 bits per heavy atom. The van der Waals surface area contributed by atoms with Gasteiger partial charge in [-0.3, -0.25) is 0 Å². The van der Waals surface area contributed by atoms with Gasteiger partial charge in [-0.05, 0) is 18.5 Å². The number of hydrogen-bond acceptors (Lipinski definition) is 7. The van der Waals surface area contributed by atoms with Crippen molar-refractivity contribution in [2.45, 2.75) is 20.0 Å². The molecule has 19 heavy (non-hydrogen) atoms. The Morgan fingerprint density at radius 3 is 2.79 bits per heavy atom. The summed E-state index contributed by atoms with van der Waals surface area (Å²) in [6, 6.07) is 0. The van der Waals surface area contributed by atoms with Gasteiger partial charge >= 0.3 is 0 Å². The lowest BCUT2D eigenvalue weighted by Crippen LogP contribution is -2.16. The summed E-state index contributed by atoms with van der Waals surface area (Å²) in [6.45, 7) is 3.31. The maximum Gasteiger partial charge on any atom is 0.230 e. The highest BCUT2D eigenvalue weighted by atomic mass is 35.5. The number of rotatable bonds is 5. The molecule has 2 aromatic rings. The highest BCUT2D eigenvalue weighted by molar-refractivity contribution is 6.28. The summed E-state index contributed by atoms with van der Waals surface area (Å²) in [5, 5.41) is 11.1. The van der Waals surface area contributed by atoms with Crippen LogP contribution in [0.1, 0.15) is 12.7 Å². The van der Waals surface area contributed by atoms with Crippen LogP contribution in [-0.4, -0.2) is 43.8 Å². The highest BCUT2D eigenvalue weighted by Gasteiger charge is 2.08. The second-order valence-electron chi connectivity index (χ2n) is 4.01. The quantitative estimate of drug-likeness (QED) is 0.869. The summed E-state index contributed by atoms with van der Waals surface area (Å²) in [5.41, 5.74) is 0. The van der Waals surface area contributed by atoms with Crippen molar-refractivity contribution in [3.63, 3.8) is 0 Å². The number of nitrogens with zero attached hydrogens (tertiary/aromatic N) is 7. The molecule has 0 aliphatic rings. The molecule has 2 aromatic heterocycles. The SMILES string of the molecule is CCn1cnnc1CNc1nc(Cl)nc(N(C)C)n1. The number of hydrogen-bond donors (Lipinski definition) is 1. The molecule has 0 saturated heterocycles. The summed E-state index contributed by atoms with van der Waals surface area (Å²) >= 11 is 5.85. The van der Waals surface area contributed by atoms with Crippen LogP contribution in [0.5, 0.6) is 0 Å². The zero-order valence-corrected chi connectivity index (χ0v) is 11.8. The lowest BCUT2D eigenvalue weighted by Gasteiger charge is -2.11. The second kappa shape index (κ2) is 5.79. The maximum atomic E-state index is 5.85. The largest absolute Gasteiger partial charge is 0.347 e. The number of anilines is 2. The molecule has 0 spiro atoms. The first-order chi connectivity index (χ1) is 9.10. The molecule has 0 radical (unpaired) electrons. The fourth-order valence-electron chi connectivity index (χ4n) is 1.46. The van der Waals surface area contributed by atoms with Gasteiger partial charge < -0.3 is 14.8 Å². The van der Waals surface area contributed by atoms with Crippen molar-refractivity contribution in [2.75, 3.05) is 24.3 Å². The third-order valence-electron chi connectivity index (χ3n) is 2.44. The van der Waals surface area contributed by atoms with Gasteiger partial charge in [-0.1, -0.05) is 0 Å². The van der Waals surface area contributed by atoms with Gasteiger partial charge in [0.2, 0.25) is 17.2 Å². The van der Waals surface area contributed by atoms with Gasteiger partial charge in [-0.2, -0.15) is 15.0 Å². The zero-order chi connectivity index (χ0) is 13.8. The summed E-state index contributed by atoms with van der Waals surface area (Å²) < 4.78 is 1.93. The molecule has 0 saturated carbocycles. The van der Waals surface area contributed by atoms with Crippen molar-refractivity contribution >= 4 is 23.5 Å². The number of nitrogens with one attached hydrogen (secondary N) is 1. The predicted octanol–water partition coefficient (Wildman–Crippen LogP) is 0.814. The first-order valence-electron chi connectivity index (χ1n) is 5.79. The van der Waals surface area contributed by atoms with Crippen molar-refractivity contribution in [2.24, 2.45) is 0 Å². The number of aromatic nitrogens is 6. The van der Waals surface area contributed by atoms with Crippen LogP contribution in [0.3, 0.4) is 0 Å². The molecule has 8 nitrogen and oxygen atoms in total. The van der Waals surface area contributed by atoms with Crippen LogP contribution < -0.4 is 10.2 Å². The van der Waals surface area contributed by atoms with E-state index >= 15 is 0 Å². The third-order valence-corrected chi connectivity index (χ3v) is 2.61. The van der Waals surface area contributed by atoms with E-state index in [0.717, 1.165) is 12.4 Å². The minimum absolute atomic E-state index is 0.151. The Balaban J connectivity index is 2.11. The van der Waals surface area contributed by atoms with E-state index in [1.54, 1.807) is 11.2 Å². The van der Waals surface area contributed by atoms with Gasteiger partial charge in [0.15, 0.2) is 5.82 Å². The summed E-state index contributed by atoms with van der Waals surface area (Å²) in [7, 11) is 3.67. The summed E-state index contributed by atoms with van der Waals surface area (Å²) in [4.78, 5) is 14.0. The molecule has 0 aliphatic heterocycles. The van der Waals surface area contributed by atoms with E-state index in [2.05, 4.69) is 30.5 Å². The normalized spacial score (nSPS) is 10.5. The first-order valence-corrected chi connectivity index (χ1v) is 6.17. The van der Waals surface area contributed by atoms with E-state index in [1.165, 1.54) is 0 Å². The van der Waals surface area contributed by atoms with Crippen LogP contribution in [0.15, 0.2) is 6.33 Å². The van der Waals surface area contributed by atoms with E-state index in [4.69, 9.17) is 11.6 Å². The highest BCUT2D eigenvalue weighted by Crippen LogP contribution is 2.12. The molecule has 1 N–H and O–H groups in total. The molecule has 0 atom stereocenters. The van der Waals surface area contributed by atoms with Gasteiger partial charge in [0.1, 0.15) is 6.33 Å². The van der Waals surface area contributed by atoms with E-state index in [-0.39, 0.29) is 5.28 Å². The van der Waals surface area contributed by atoms with Crippen LogP contribution in [0.25, 0.3) is 0 Å². The fraction of sp³-hybridized carbons (Fsp3) is 0.500. The first kappa shape index (κ1) is 13.5. The van der Waals surface area contributed by atoms with Crippen LogP contribution in [0.4, 0.5) is 11.9 Å². The Morgan fingerprint density at radius 1 is 1.32 bits per heavy atom. The minimum atomic E-state index is 0.151. The molecule has 0 bridgehead atoms. The van der Waals surface area contributed by atoms with Crippen molar-refractivity contribution in [3.05, 3.63) is 17.4 Å². The molecule has 0 fully saturated rings. The molecule has 102 valence electrons. The Bertz CT molecular complexity index is 552. The second-order valence-corrected chi connectivity index (χ2v) is 4.35. The molecule has 0 amide bonds. The van der Waals surface area contributed by atoms with Crippen LogP contribution in [0.2, 0.25) is 5.28 Å². The molecular formula is C10H15ClN8. The smallest absolute Gasteiger partial charge is 0.230 e. The molecule has 2 heterocycles. The van der Waals surface area contributed by atoms with E-state index < -0.39 is 0 Å². The summed E-state index contributed by atoms with van der Waals surface area (Å²) in [5.74, 6) is 1.72. The lowest BCUT2D eigenvalue weighted by molar-refractivity contribution is 0.706. The monoisotopic (exact) mass is 282 g/mol. The van der Waals surface area contributed by atoms with E-state index in [1.807, 2.05) is 25.6 Å². The maximum absolute atomic E-state index is 5.85. The number of halogens is 1. The third kappa shape index (κ3) is 3.28. The topological polar surface area (TPSA) is 84.7 Å². The van der Waals surface area contributed by atoms with E-state index in [9.17, 15) is 0 Å². The van der Waals surface area contributed by atoms with Gasteiger partial charge in [0.05, 0.1) is 6.54 Å². The standard InChI is InChI=1S/C10H15ClN8/c1-4-19-6-13-17-7(19)5-12-9-14-8(11)15-10(16-9)18(2)3/h6H,4-5H2,1-3H3,(H,12,14,15,16). The molecule has 0 unspecified atom stereocenters. The van der Waals surface area contributed by atoms with Crippen molar-refractivity contribution in [1.82, 2.24) is 29.7 Å². The van der Waals surface area contributed by atoms with Crippen molar-refractivity contribution < 1.29 is 0 Å². The Hall–Kier alpha value is -1.96. The van der Waals surface area contributed by atoms with E-state index in [0.29, 0.717) is 18.4 Å². The van der Waals surface area contributed by atoms with Crippen LogP contribution >= 0.6 is 11.6 Å². The number of aryl methyl sites for hydroxylation is 1. The summed E-state index contributed by atoms with van der Waals surface area (Å²) in [6.07, 6.45) is 1.68. The zero-order valence-electron chi connectivity index (χ0n) is 11.0. The Labute approximate surface area is 115 Å². The lowest BCUT2D eigenvalue weighted by atomic mass is 10.5. The van der Waals surface area contributed by atoms with Crippen molar-refractivity contribution in [1.29, 1.82) is 0 Å². The molecule has 0 aromatic carbocycles. The molecule has 0 aliphatic carbocycles. The minimum Gasteiger partial charge on any atom is -0.347 e. The predicted molar refractivity (Wildman–Crippen MR) is 72.2 cm³/mol. The average Bonchev–Trinajstić information content (AvgIpc) is 2.83. The molecule has 2 rings (SSSR count). The van der Waals surface area contributed by atoms with Crippen LogP contribution in [-0.2, 0) is 13.1 Å². The Kier molecular flexibility index (Phi) is 4.10.